The molecule has 0 unspecified atom stereocenters. The summed E-state index contributed by atoms with van der Waals surface area (Å²) in [6.45, 7) is 11.7. The molecule has 0 spiro atoms. The van der Waals surface area contributed by atoms with Gasteiger partial charge >= 0.3 is 0 Å². The molecule has 0 aromatic heterocycles. The van der Waals surface area contributed by atoms with Gasteiger partial charge in [0.1, 0.15) is 0 Å². The zero-order valence-electron chi connectivity index (χ0n) is 32.9. The molecular weight excluding hydrogens is 675 g/mol. The lowest BCUT2D eigenvalue weighted by Gasteiger charge is -2.39. The van der Waals surface area contributed by atoms with E-state index in [1.165, 1.54) is 72.0 Å². The predicted molar refractivity (Wildman–Crippen MR) is 239 cm³/mol. The van der Waals surface area contributed by atoms with E-state index >= 15 is 0 Å². The summed E-state index contributed by atoms with van der Waals surface area (Å²) < 4.78 is 0. The summed E-state index contributed by atoms with van der Waals surface area (Å²) in [7, 11) is 0. The third-order valence-electron chi connectivity index (χ3n) is 11.6. The fourth-order valence-corrected chi connectivity index (χ4v) is 8.68. The Hall–Kier alpha value is -6.44. The highest BCUT2D eigenvalue weighted by atomic mass is 15.1. The molecule has 1 aliphatic rings. The minimum Gasteiger partial charge on any atom is -0.310 e. The van der Waals surface area contributed by atoms with E-state index in [4.69, 9.17) is 0 Å². The number of anilines is 3. The van der Waals surface area contributed by atoms with Crippen LogP contribution in [-0.4, -0.2) is 0 Å². The van der Waals surface area contributed by atoms with Crippen molar-refractivity contribution in [1.82, 2.24) is 0 Å². The first kappa shape index (κ1) is 35.3. The standard InChI is InChI=1S/C55H47N/c1-54(2,3)43-30-34-51(47(36-43)39-20-9-6-10-21-39)56(44-31-29-38-19-15-16-26-42(38)35-44)45-32-33-50-48(37-45)53(46-27-17-18-28-49(46)55(50,4)5)52(40-22-11-7-12-23-40)41-24-13-8-14-25-41/h6-37H,1-5H3. The van der Waals surface area contributed by atoms with Gasteiger partial charge in [-0.1, -0.05) is 192 Å². The number of fused-ring (bicyclic) bond motifs is 3. The Morgan fingerprint density at radius 2 is 1.00 bits per heavy atom. The lowest BCUT2D eigenvalue weighted by atomic mass is 9.65. The van der Waals surface area contributed by atoms with Crippen molar-refractivity contribution in [3.05, 3.63) is 233 Å². The SMILES string of the molecule is CC(C)(C)c1ccc(N(c2ccc3c(c2)C(=C(c2ccccc2)c2ccccc2)c2ccccc2C3(C)C)c2ccc3ccccc3c2)c(-c2ccccc2)c1. The second-order valence-electron chi connectivity index (χ2n) is 16.6. The molecule has 0 bridgehead atoms. The van der Waals surface area contributed by atoms with Gasteiger partial charge in [-0.05, 0) is 108 Å². The zero-order valence-corrected chi connectivity index (χ0v) is 32.9. The average molecular weight is 722 g/mol. The van der Waals surface area contributed by atoms with Crippen molar-refractivity contribution in [1.29, 1.82) is 0 Å². The van der Waals surface area contributed by atoms with Crippen molar-refractivity contribution >= 4 is 39.0 Å². The van der Waals surface area contributed by atoms with Crippen LogP contribution in [0.15, 0.2) is 194 Å². The Labute approximate surface area is 332 Å². The van der Waals surface area contributed by atoms with Gasteiger partial charge < -0.3 is 4.90 Å². The molecule has 0 saturated carbocycles. The van der Waals surface area contributed by atoms with Gasteiger partial charge in [-0.3, -0.25) is 0 Å². The van der Waals surface area contributed by atoms with E-state index in [1.807, 2.05) is 0 Å². The van der Waals surface area contributed by atoms with Gasteiger partial charge in [0.2, 0.25) is 0 Å². The normalized spacial score (nSPS) is 13.2. The van der Waals surface area contributed by atoms with E-state index in [-0.39, 0.29) is 10.8 Å². The lowest BCUT2D eigenvalue weighted by molar-refractivity contribution is 0.590. The molecule has 0 N–H and O–H groups in total. The quantitative estimate of drug-likeness (QED) is 0.165. The molecule has 272 valence electrons. The maximum Gasteiger partial charge on any atom is 0.0540 e. The number of hydrogen-bond acceptors (Lipinski definition) is 1. The molecule has 0 aliphatic heterocycles. The molecule has 0 fully saturated rings. The first-order valence-corrected chi connectivity index (χ1v) is 19.8. The molecule has 1 aliphatic carbocycles. The van der Waals surface area contributed by atoms with Gasteiger partial charge in [0.15, 0.2) is 0 Å². The largest absolute Gasteiger partial charge is 0.310 e. The third-order valence-corrected chi connectivity index (χ3v) is 11.6. The Balaban J connectivity index is 1.38. The number of benzene rings is 8. The smallest absolute Gasteiger partial charge is 0.0540 e. The van der Waals surface area contributed by atoms with Crippen LogP contribution in [0.5, 0.6) is 0 Å². The fourth-order valence-electron chi connectivity index (χ4n) is 8.68. The molecular formula is C55H47N. The van der Waals surface area contributed by atoms with Crippen molar-refractivity contribution in [2.45, 2.75) is 45.4 Å². The van der Waals surface area contributed by atoms with Crippen LogP contribution in [0.2, 0.25) is 0 Å². The van der Waals surface area contributed by atoms with Gasteiger partial charge in [0.05, 0.1) is 5.69 Å². The molecule has 1 nitrogen and oxygen atoms in total. The van der Waals surface area contributed by atoms with Crippen molar-refractivity contribution in [3.63, 3.8) is 0 Å². The topological polar surface area (TPSA) is 3.24 Å². The molecule has 1 heteroatoms. The molecule has 8 aromatic rings. The van der Waals surface area contributed by atoms with Crippen molar-refractivity contribution in [2.75, 3.05) is 4.90 Å². The Morgan fingerprint density at radius 3 is 1.68 bits per heavy atom. The van der Waals surface area contributed by atoms with Crippen LogP contribution in [0.4, 0.5) is 17.1 Å². The van der Waals surface area contributed by atoms with Crippen LogP contribution < -0.4 is 4.90 Å². The van der Waals surface area contributed by atoms with Crippen LogP contribution >= 0.6 is 0 Å². The highest BCUT2D eigenvalue weighted by molar-refractivity contribution is 6.08. The second kappa shape index (κ2) is 14.0. The van der Waals surface area contributed by atoms with E-state index in [2.05, 4.69) is 234 Å². The zero-order chi connectivity index (χ0) is 38.4. The van der Waals surface area contributed by atoms with Crippen LogP contribution in [-0.2, 0) is 10.8 Å². The summed E-state index contributed by atoms with van der Waals surface area (Å²) >= 11 is 0. The van der Waals surface area contributed by atoms with Crippen molar-refractivity contribution in [2.24, 2.45) is 0 Å². The summed E-state index contributed by atoms with van der Waals surface area (Å²) in [5.41, 5.74) is 17.0. The van der Waals surface area contributed by atoms with Gasteiger partial charge in [-0.2, -0.15) is 0 Å². The lowest BCUT2D eigenvalue weighted by Crippen LogP contribution is -2.27. The van der Waals surface area contributed by atoms with Crippen LogP contribution in [0.25, 0.3) is 33.0 Å². The molecule has 56 heavy (non-hydrogen) atoms. The molecule has 0 saturated heterocycles. The highest BCUT2D eigenvalue weighted by Gasteiger charge is 2.37. The van der Waals surface area contributed by atoms with E-state index in [1.54, 1.807) is 0 Å². The highest BCUT2D eigenvalue weighted by Crippen LogP contribution is 2.52. The molecule has 8 aromatic carbocycles. The van der Waals surface area contributed by atoms with Crippen LogP contribution in [0.1, 0.15) is 73.6 Å². The Morgan fingerprint density at radius 1 is 0.446 bits per heavy atom. The summed E-state index contributed by atoms with van der Waals surface area (Å²) in [4.78, 5) is 2.48. The van der Waals surface area contributed by atoms with Crippen LogP contribution in [0, 0.1) is 0 Å². The third kappa shape index (κ3) is 6.24. The summed E-state index contributed by atoms with van der Waals surface area (Å²) in [6.07, 6.45) is 0. The summed E-state index contributed by atoms with van der Waals surface area (Å²) in [5, 5.41) is 2.44. The van der Waals surface area contributed by atoms with Gasteiger partial charge in [-0.15, -0.1) is 0 Å². The molecule has 0 heterocycles. The van der Waals surface area contributed by atoms with E-state index in [0.29, 0.717) is 0 Å². The average Bonchev–Trinajstić information content (AvgIpc) is 3.23. The van der Waals surface area contributed by atoms with E-state index < -0.39 is 0 Å². The van der Waals surface area contributed by atoms with Gasteiger partial charge in [-0.25, -0.2) is 0 Å². The monoisotopic (exact) mass is 721 g/mol. The first-order chi connectivity index (χ1) is 27.2. The van der Waals surface area contributed by atoms with Gasteiger partial charge in [0.25, 0.3) is 0 Å². The number of nitrogens with zero attached hydrogens (tertiary/aromatic N) is 1. The molecule has 0 radical (unpaired) electrons. The number of rotatable bonds is 6. The molecule has 0 amide bonds. The maximum absolute atomic E-state index is 2.48. The number of hydrogen-bond donors (Lipinski definition) is 0. The van der Waals surface area contributed by atoms with Gasteiger partial charge in [0, 0.05) is 22.4 Å². The second-order valence-corrected chi connectivity index (χ2v) is 16.6. The fraction of sp³-hybridized carbons (Fsp3) is 0.127. The Bertz CT molecular complexity index is 2690. The van der Waals surface area contributed by atoms with E-state index in [0.717, 1.165) is 17.1 Å². The van der Waals surface area contributed by atoms with E-state index in [9.17, 15) is 0 Å². The van der Waals surface area contributed by atoms with Crippen LogP contribution in [0.3, 0.4) is 0 Å². The van der Waals surface area contributed by atoms with Crippen molar-refractivity contribution in [3.8, 4) is 11.1 Å². The summed E-state index contributed by atoms with van der Waals surface area (Å²) in [6, 6.07) is 71.6. The van der Waals surface area contributed by atoms with Crippen molar-refractivity contribution < 1.29 is 0 Å². The first-order valence-electron chi connectivity index (χ1n) is 19.8. The Kier molecular flexibility index (Phi) is 8.82. The molecule has 9 rings (SSSR count). The maximum atomic E-state index is 2.48. The predicted octanol–water partition coefficient (Wildman–Crippen LogP) is 14.9. The minimum absolute atomic E-state index is 0.00833. The molecule has 0 atom stereocenters. The summed E-state index contributed by atoms with van der Waals surface area (Å²) in [5.74, 6) is 0. The minimum atomic E-state index is -0.218.